The fourth-order valence-electron chi connectivity index (χ4n) is 2.11. The highest BCUT2D eigenvalue weighted by molar-refractivity contribution is 7.92. The average molecular weight is 302 g/mol. The van der Waals surface area contributed by atoms with E-state index in [0.29, 0.717) is 6.04 Å². The van der Waals surface area contributed by atoms with Gasteiger partial charge in [-0.1, -0.05) is 26.7 Å². The third-order valence-corrected chi connectivity index (χ3v) is 3.50. The summed E-state index contributed by atoms with van der Waals surface area (Å²) in [5.74, 6) is -0.580. The van der Waals surface area contributed by atoms with Crippen molar-refractivity contribution in [2.24, 2.45) is 0 Å². The van der Waals surface area contributed by atoms with Gasteiger partial charge in [0.1, 0.15) is 5.82 Å². The van der Waals surface area contributed by atoms with Crippen LogP contribution >= 0.6 is 0 Å². The van der Waals surface area contributed by atoms with E-state index >= 15 is 0 Å². The van der Waals surface area contributed by atoms with E-state index < -0.39 is 15.8 Å². The minimum absolute atomic E-state index is 0.0238. The van der Waals surface area contributed by atoms with E-state index in [1.54, 1.807) is 6.07 Å². The van der Waals surface area contributed by atoms with Gasteiger partial charge in [-0.15, -0.1) is 0 Å². The van der Waals surface area contributed by atoms with Crippen molar-refractivity contribution in [1.29, 1.82) is 0 Å². The second-order valence-electron chi connectivity index (χ2n) is 4.99. The minimum Gasteiger partial charge on any atom is -0.382 e. The van der Waals surface area contributed by atoms with Crippen molar-refractivity contribution in [3.05, 3.63) is 24.0 Å². The maximum absolute atomic E-state index is 13.6. The van der Waals surface area contributed by atoms with Crippen LogP contribution in [0.3, 0.4) is 0 Å². The summed E-state index contributed by atoms with van der Waals surface area (Å²) in [6, 6.07) is 4.71. The molecule has 0 aromatic heterocycles. The van der Waals surface area contributed by atoms with Crippen molar-refractivity contribution in [3.63, 3.8) is 0 Å². The fraction of sp³-hybridized carbons (Fsp3) is 0.571. The molecule has 0 unspecified atom stereocenters. The Balaban J connectivity index is 2.88. The predicted molar refractivity (Wildman–Crippen MR) is 82.1 cm³/mol. The Morgan fingerprint density at radius 3 is 2.30 bits per heavy atom. The molecule has 0 atom stereocenters. The number of benzene rings is 1. The van der Waals surface area contributed by atoms with Gasteiger partial charge in [0.05, 0.1) is 11.9 Å². The van der Waals surface area contributed by atoms with Crippen LogP contribution in [0.5, 0.6) is 0 Å². The number of hydrogen-bond donors (Lipinski definition) is 2. The quantitative estimate of drug-likeness (QED) is 0.771. The largest absolute Gasteiger partial charge is 0.382 e. The van der Waals surface area contributed by atoms with Gasteiger partial charge in [0.2, 0.25) is 10.0 Å². The lowest BCUT2D eigenvalue weighted by molar-refractivity contribution is 0.585. The molecule has 0 heterocycles. The highest BCUT2D eigenvalue weighted by Crippen LogP contribution is 2.22. The molecule has 20 heavy (non-hydrogen) atoms. The molecule has 0 bridgehead atoms. The fourth-order valence-corrected chi connectivity index (χ4v) is 2.67. The van der Waals surface area contributed by atoms with Crippen molar-refractivity contribution in [2.75, 3.05) is 16.3 Å². The summed E-state index contributed by atoms with van der Waals surface area (Å²) in [7, 11) is -3.48. The van der Waals surface area contributed by atoms with E-state index in [1.165, 1.54) is 12.1 Å². The van der Waals surface area contributed by atoms with Crippen LogP contribution in [0.25, 0.3) is 0 Å². The van der Waals surface area contributed by atoms with Crippen LogP contribution in [0.2, 0.25) is 0 Å². The SMILES string of the molecule is CCCC(CCC)Nc1ccc(F)c(NS(C)(=O)=O)c1. The Kier molecular flexibility index (Phi) is 6.26. The Morgan fingerprint density at radius 2 is 1.80 bits per heavy atom. The van der Waals surface area contributed by atoms with Crippen LogP contribution in [-0.2, 0) is 10.0 Å². The van der Waals surface area contributed by atoms with E-state index in [9.17, 15) is 12.8 Å². The number of halogens is 1. The Bertz CT molecular complexity index is 526. The summed E-state index contributed by atoms with van der Waals surface area (Å²) in [5.41, 5.74) is 0.702. The molecular formula is C14H23FN2O2S. The topological polar surface area (TPSA) is 58.2 Å². The summed E-state index contributed by atoms with van der Waals surface area (Å²) < 4.78 is 38.1. The molecule has 0 aliphatic carbocycles. The second kappa shape index (κ2) is 7.47. The zero-order valence-corrected chi connectivity index (χ0v) is 13.1. The van der Waals surface area contributed by atoms with Crippen LogP contribution in [0.15, 0.2) is 18.2 Å². The first-order chi connectivity index (χ1) is 9.35. The van der Waals surface area contributed by atoms with Crippen LogP contribution in [-0.4, -0.2) is 20.7 Å². The van der Waals surface area contributed by atoms with Gasteiger partial charge in [-0.2, -0.15) is 0 Å². The summed E-state index contributed by atoms with van der Waals surface area (Å²) in [6.07, 6.45) is 5.18. The molecule has 0 saturated heterocycles. The molecule has 0 saturated carbocycles. The molecule has 6 heteroatoms. The van der Waals surface area contributed by atoms with Crippen LogP contribution in [0.4, 0.5) is 15.8 Å². The molecule has 0 fully saturated rings. The van der Waals surface area contributed by atoms with Gasteiger partial charge in [-0.05, 0) is 31.0 Å². The van der Waals surface area contributed by atoms with E-state index in [0.717, 1.165) is 37.6 Å². The maximum atomic E-state index is 13.6. The minimum atomic E-state index is -3.48. The van der Waals surface area contributed by atoms with Crippen LogP contribution in [0.1, 0.15) is 39.5 Å². The molecule has 1 aromatic carbocycles. The van der Waals surface area contributed by atoms with Gasteiger partial charge >= 0.3 is 0 Å². The van der Waals surface area contributed by atoms with Gasteiger partial charge in [0.25, 0.3) is 0 Å². The Morgan fingerprint density at radius 1 is 1.20 bits per heavy atom. The van der Waals surface area contributed by atoms with E-state index in [2.05, 4.69) is 23.9 Å². The standard InChI is InChI=1S/C14H23FN2O2S/c1-4-6-11(7-5-2)16-12-8-9-13(15)14(10-12)17-20(3,18)19/h8-11,16-17H,4-7H2,1-3H3. The number of rotatable bonds is 8. The lowest BCUT2D eigenvalue weighted by Gasteiger charge is -2.19. The van der Waals surface area contributed by atoms with Crippen molar-refractivity contribution in [2.45, 2.75) is 45.6 Å². The molecule has 1 aromatic rings. The summed E-state index contributed by atoms with van der Waals surface area (Å²) >= 11 is 0. The molecule has 0 aliphatic rings. The first-order valence-corrected chi connectivity index (χ1v) is 8.78. The highest BCUT2D eigenvalue weighted by atomic mass is 32.2. The lowest BCUT2D eigenvalue weighted by Crippen LogP contribution is -2.19. The van der Waals surface area contributed by atoms with Crippen LogP contribution in [0, 0.1) is 5.82 Å². The third kappa shape index (κ3) is 5.77. The first-order valence-electron chi connectivity index (χ1n) is 6.89. The number of anilines is 2. The highest BCUT2D eigenvalue weighted by Gasteiger charge is 2.11. The van der Waals surface area contributed by atoms with Crippen molar-refractivity contribution in [3.8, 4) is 0 Å². The van der Waals surface area contributed by atoms with Crippen LogP contribution < -0.4 is 10.0 Å². The zero-order chi connectivity index (χ0) is 15.2. The molecule has 0 spiro atoms. The average Bonchev–Trinajstić information content (AvgIpc) is 2.32. The third-order valence-electron chi connectivity index (χ3n) is 2.91. The normalized spacial score (nSPS) is 11.7. The molecule has 114 valence electrons. The molecule has 0 amide bonds. The lowest BCUT2D eigenvalue weighted by atomic mass is 10.1. The summed E-state index contributed by atoms with van der Waals surface area (Å²) in [6.45, 7) is 4.23. The van der Waals surface area contributed by atoms with Crippen molar-refractivity contribution >= 4 is 21.4 Å². The molecule has 0 aliphatic heterocycles. The monoisotopic (exact) mass is 302 g/mol. The number of nitrogens with one attached hydrogen (secondary N) is 2. The number of hydrogen-bond acceptors (Lipinski definition) is 3. The smallest absolute Gasteiger partial charge is 0.229 e. The van der Waals surface area contributed by atoms with Crippen molar-refractivity contribution < 1.29 is 12.8 Å². The first kappa shape index (κ1) is 16.8. The van der Waals surface area contributed by atoms with Gasteiger partial charge in [-0.25, -0.2) is 12.8 Å². The van der Waals surface area contributed by atoms with Gasteiger partial charge in [0, 0.05) is 11.7 Å². The molecule has 2 N–H and O–H groups in total. The molecule has 4 nitrogen and oxygen atoms in total. The van der Waals surface area contributed by atoms with Gasteiger partial charge < -0.3 is 5.32 Å². The predicted octanol–water partition coefficient (Wildman–Crippen LogP) is 3.58. The van der Waals surface area contributed by atoms with Crippen molar-refractivity contribution in [1.82, 2.24) is 0 Å². The maximum Gasteiger partial charge on any atom is 0.229 e. The second-order valence-corrected chi connectivity index (χ2v) is 6.74. The molecular weight excluding hydrogens is 279 g/mol. The van der Waals surface area contributed by atoms with E-state index in [1.807, 2.05) is 0 Å². The van der Waals surface area contributed by atoms with E-state index in [4.69, 9.17) is 0 Å². The zero-order valence-electron chi connectivity index (χ0n) is 12.2. The summed E-state index contributed by atoms with van der Waals surface area (Å²) in [4.78, 5) is 0. The molecule has 0 radical (unpaired) electrons. The van der Waals surface area contributed by atoms with E-state index in [-0.39, 0.29) is 5.69 Å². The Hall–Kier alpha value is -1.30. The number of sulfonamides is 1. The van der Waals surface area contributed by atoms with Gasteiger partial charge in [0.15, 0.2) is 0 Å². The van der Waals surface area contributed by atoms with Gasteiger partial charge in [-0.3, -0.25) is 4.72 Å². The Labute approximate surface area is 120 Å². The molecule has 1 rings (SSSR count). The summed E-state index contributed by atoms with van der Waals surface area (Å²) in [5, 5.41) is 3.33.